The minimum atomic E-state index is -0.109. The Labute approximate surface area is 209 Å². The molecule has 1 unspecified atom stereocenters. The normalized spacial score (nSPS) is 19.5. The summed E-state index contributed by atoms with van der Waals surface area (Å²) < 4.78 is 8.52. The van der Waals surface area contributed by atoms with Gasteiger partial charge in [-0.1, -0.05) is 6.07 Å². The van der Waals surface area contributed by atoms with Crippen molar-refractivity contribution < 1.29 is 4.74 Å². The van der Waals surface area contributed by atoms with Gasteiger partial charge in [-0.3, -0.25) is 9.69 Å². The molecule has 1 aliphatic heterocycles. The number of aromatic nitrogens is 5. The van der Waals surface area contributed by atoms with E-state index in [9.17, 15) is 4.79 Å². The van der Waals surface area contributed by atoms with E-state index >= 15 is 0 Å². The van der Waals surface area contributed by atoms with E-state index in [0.29, 0.717) is 17.2 Å². The van der Waals surface area contributed by atoms with E-state index in [1.54, 1.807) is 37.1 Å². The largest absolute Gasteiger partial charge is 0.480 e. The molecule has 4 aromatic rings. The molecular formula is C26H30N8O2. The molecule has 0 aliphatic carbocycles. The summed E-state index contributed by atoms with van der Waals surface area (Å²) in [5.74, 6) is 0.500. The maximum Gasteiger partial charge on any atom is 0.267 e. The summed E-state index contributed by atoms with van der Waals surface area (Å²) in [6.45, 7) is 8.17. The highest BCUT2D eigenvalue weighted by Crippen LogP contribution is 2.32. The second-order valence-corrected chi connectivity index (χ2v) is 9.51. The number of nitriles is 1. The Morgan fingerprint density at radius 2 is 1.97 bits per heavy atom. The Hall–Kier alpha value is -3.97. The highest BCUT2D eigenvalue weighted by atomic mass is 16.5. The molecule has 0 radical (unpaired) electrons. The summed E-state index contributed by atoms with van der Waals surface area (Å²) in [6, 6.07) is 10.6. The molecule has 0 saturated carbocycles. The highest BCUT2D eigenvalue weighted by molar-refractivity contribution is 5.75. The van der Waals surface area contributed by atoms with Gasteiger partial charge in [-0.25, -0.2) is 24.1 Å². The number of imidazole rings is 1. The van der Waals surface area contributed by atoms with Gasteiger partial charge in [-0.05, 0) is 38.5 Å². The first-order valence-electron chi connectivity index (χ1n) is 12.1. The Kier molecular flexibility index (Phi) is 6.10. The molecule has 10 heteroatoms. The van der Waals surface area contributed by atoms with E-state index in [2.05, 4.69) is 63.7 Å². The highest BCUT2D eigenvalue weighted by Gasteiger charge is 2.34. The van der Waals surface area contributed by atoms with Crippen molar-refractivity contribution in [3.8, 4) is 11.9 Å². The van der Waals surface area contributed by atoms with E-state index in [-0.39, 0.29) is 30.1 Å². The average Bonchev–Trinajstić information content (AvgIpc) is 3.30. The van der Waals surface area contributed by atoms with Crippen LogP contribution in [0, 0.1) is 11.3 Å². The first kappa shape index (κ1) is 23.8. The average molecular weight is 487 g/mol. The van der Waals surface area contributed by atoms with E-state index < -0.39 is 0 Å². The molecule has 0 amide bonds. The van der Waals surface area contributed by atoms with Gasteiger partial charge in [-0.15, -0.1) is 0 Å². The number of ether oxygens (including phenoxy) is 1. The van der Waals surface area contributed by atoms with Crippen LogP contribution < -0.4 is 15.2 Å². The summed E-state index contributed by atoms with van der Waals surface area (Å²) in [7, 11) is 3.31. The monoisotopic (exact) mass is 486 g/mol. The van der Waals surface area contributed by atoms with Crippen LogP contribution in [0.5, 0.6) is 5.88 Å². The molecule has 5 rings (SSSR count). The number of aryl methyl sites for hydroxylation is 1. The van der Waals surface area contributed by atoms with Gasteiger partial charge in [0.05, 0.1) is 54.4 Å². The maximum absolute atomic E-state index is 12.8. The summed E-state index contributed by atoms with van der Waals surface area (Å²) in [6.07, 6.45) is 3.60. The molecule has 10 nitrogen and oxygen atoms in total. The maximum atomic E-state index is 12.8. The smallest absolute Gasteiger partial charge is 0.267 e. The third-order valence-corrected chi connectivity index (χ3v) is 7.21. The molecule has 0 N–H and O–H groups in total. The first-order chi connectivity index (χ1) is 17.3. The fourth-order valence-corrected chi connectivity index (χ4v) is 5.17. The number of anilines is 1. The predicted octanol–water partition coefficient (Wildman–Crippen LogP) is 2.71. The van der Waals surface area contributed by atoms with Gasteiger partial charge in [-0.2, -0.15) is 5.26 Å². The molecule has 36 heavy (non-hydrogen) atoms. The molecule has 186 valence electrons. The number of nitrogens with zero attached hydrogens (tertiary/aromatic N) is 8. The number of methoxy groups -OCH3 is 1. The first-order valence-corrected chi connectivity index (χ1v) is 12.1. The Balaban J connectivity index is 1.44. The lowest BCUT2D eigenvalue weighted by atomic mass is 10.00. The third kappa shape index (κ3) is 4.05. The zero-order valence-electron chi connectivity index (χ0n) is 21.2. The molecule has 3 atom stereocenters. The van der Waals surface area contributed by atoms with Crippen molar-refractivity contribution >= 4 is 22.4 Å². The molecule has 3 aromatic heterocycles. The number of hydrogen-bond acceptors (Lipinski definition) is 8. The second-order valence-electron chi connectivity index (χ2n) is 9.51. The van der Waals surface area contributed by atoms with Crippen LogP contribution in [0.3, 0.4) is 0 Å². The lowest BCUT2D eigenvalue weighted by Crippen LogP contribution is -2.57. The number of piperazine rings is 1. The number of rotatable bonds is 5. The van der Waals surface area contributed by atoms with Crippen molar-refractivity contribution in [2.24, 2.45) is 7.05 Å². The summed E-state index contributed by atoms with van der Waals surface area (Å²) in [5.41, 5.74) is 4.87. The van der Waals surface area contributed by atoms with Crippen LogP contribution in [0.4, 0.5) is 5.69 Å². The molecule has 1 aromatic carbocycles. The fraction of sp³-hybridized carbons (Fsp3) is 0.423. The van der Waals surface area contributed by atoms with Crippen molar-refractivity contribution in [1.29, 1.82) is 5.26 Å². The minimum Gasteiger partial charge on any atom is -0.480 e. The predicted molar refractivity (Wildman–Crippen MR) is 137 cm³/mol. The minimum absolute atomic E-state index is 0.109. The van der Waals surface area contributed by atoms with Crippen molar-refractivity contribution in [3.63, 3.8) is 0 Å². The number of fused-ring (bicyclic) bond motifs is 2. The van der Waals surface area contributed by atoms with Crippen LogP contribution in [0.25, 0.3) is 16.7 Å². The molecule has 1 fully saturated rings. The quantitative estimate of drug-likeness (QED) is 0.424. The van der Waals surface area contributed by atoms with Crippen molar-refractivity contribution in [1.82, 2.24) is 29.0 Å². The topological polar surface area (TPSA) is 105 Å². The van der Waals surface area contributed by atoms with Crippen LogP contribution >= 0.6 is 0 Å². The van der Waals surface area contributed by atoms with Gasteiger partial charge in [0, 0.05) is 44.3 Å². The van der Waals surface area contributed by atoms with Crippen molar-refractivity contribution in [2.75, 3.05) is 25.1 Å². The van der Waals surface area contributed by atoms with Gasteiger partial charge >= 0.3 is 0 Å². The number of benzene rings is 1. The summed E-state index contributed by atoms with van der Waals surface area (Å²) in [4.78, 5) is 31.2. The van der Waals surface area contributed by atoms with Crippen LogP contribution in [0.2, 0.25) is 0 Å². The van der Waals surface area contributed by atoms with E-state index in [1.165, 1.54) is 10.2 Å². The SMILES string of the molecule is COc1cnc2ccc(C(C)N3C[C@H](C)N(c4cc(=O)n(C)n5cc(CC#N)nc45)C[C@H]3C)cc2n1. The van der Waals surface area contributed by atoms with Crippen LogP contribution in [-0.2, 0) is 13.5 Å². The lowest BCUT2D eigenvalue weighted by molar-refractivity contribution is 0.119. The van der Waals surface area contributed by atoms with Gasteiger partial charge in [0.15, 0.2) is 5.65 Å². The van der Waals surface area contributed by atoms with Crippen LogP contribution in [0.1, 0.15) is 38.1 Å². The van der Waals surface area contributed by atoms with Crippen LogP contribution in [0.15, 0.2) is 41.5 Å². The van der Waals surface area contributed by atoms with Gasteiger partial charge < -0.3 is 9.64 Å². The van der Waals surface area contributed by atoms with E-state index in [1.807, 2.05) is 6.07 Å². The van der Waals surface area contributed by atoms with Crippen LogP contribution in [-0.4, -0.2) is 61.3 Å². The summed E-state index contributed by atoms with van der Waals surface area (Å²) in [5, 5.41) is 9.13. The molecule has 1 saturated heterocycles. The van der Waals surface area contributed by atoms with E-state index in [4.69, 9.17) is 10.00 Å². The lowest BCUT2D eigenvalue weighted by Gasteiger charge is -2.47. The van der Waals surface area contributed by atoms with Crippen molar-refractivity contribution in [2.45, 2.75) is 45.3 Å². The molecule has 0 spiro atoms. The molecular weight excluding hydrogens is 456 g/mol. The molecule has 0 bridgehead atoms. The molecule has 1 aliphatic rings. The van der Waals surface area contributed by atoms with Crippen molar-refractivity contribution in [3.05, 3.63) is 58.3 Å². The van der Waals surface area contributed by atoms with E-state index in [0.717, 1.165) is 29.8 Å². The van der Waals surface area contributed by atoms with Gasteiger partial charge in [0.25, 0.3) is 5.56 Å². The zero-order valence-corrected chi connectivity index (χ0v) is 21.2. The Morgan fingerprint density at radius 3 is 2.72 bits per heavy atom. The summed E-state index contributed by atoms with van der Waals surface area (Å²) >= 11 is 0. The standard InChI is InChI=1S/C26H30N8O2/c1-16-14-33(23-11-25(35)31(4)34-15-20(8-9-27)29-26(23)34)17(2)13-32(16)18(3)19-6-7-21-22(10-19)30-24(36-5)12-28-21/h6-7,10-12,15-18H,8,13-14H2,1-5H3/t16-,17+,18?/m1/s1. The number of hydrogen-bond donors (Lipinski definition) is 0. The third-order valence-electron chi connectivity index (χ3n) is 7.21. The Bertz CT molecular complexity index is 1540. The molecule has 4 heterocycles. The zero-order chi connectivity index (χ0) is 25.6. The Morgan fingerprint density at radius 1 is 1.17 bits per heavy atom. The van der Waals surface area contributed by atoms with Gasteiger partial charge in [0.1, 0.15) is 0 Å². The fourth-order valence-electron chi connectivity index (χ4n) is 5.17. The van der Waals surface area contributed by atoms with Gasteiger partial charge in [0.2, 0.25) is 5.88 Å². The second kappa shape index (κ2) is 9.24.